The van der Waals surface area contributed by atoms with Gasteiger partial charge in [-0.15, -0.1) is 0 Å². The molecule has 0 aromatic heterocycles. The Morgan fingerprint density at radius 3 is 0.868 bits per heavy atom. The van der Waals surface area contributed by atoms with Crippen LogP contribution in [0.2, 0.25) is 0 Å². The van der Waals surface area contributed by atoms with Crippen LogP contribution in [0.25, 0.3) is 0 Å². The summed E-state index contributed by atoms with van der Waals surface area (Å²) in [5, 5.41) is 0. The molecule has 0 fully saturated rings. The number of benzene rings is 1. The van der Waals surface area contributed by atoms with Crippen LogP contribution in [0.5, 0.6) is 0 Å². The van der Waals surface area contributed by atoms with Crippen LogP contribution < -0.4 is 48.0 Å². The van der Waals surface area contributed by atoms with Gasteiger partial charge in [0.2, 0.25) is 0 Å². The molecule has 1 rings (SSSR count). The maximum Gasteiger partial charge on any atom is 0.0786 e. The fourth-order valence-corrected chi connectivity index (χ4v) is 6.13. The van der Waals surface area contributed by atoms with Crippen LogP contribution in [0.4, 0.5) is 0 Å². The highest BCUT2D eigenvalue weighted by atomic mass is 127. The first kappa shape index (κ1) is 40.7. The van der Waals surface area contributed by atoms with E-state index in [1.807, 2.05) is 0 Å². The molecule has 0 aliphatic carbocycles. The molecule has 0 N–H and O–H groups in total. The Morgan fingerprint density at radius 1 is 0.368 bits per heavy atom. The molecule has 0 unspecified atom stereocenters. The van der Waals surface area contributed by atoms with Crippen molar-refractivity contribution in [2.75, 3.05) is 52.4 Å². The molecule has 2 nitrogen and oxygen atoms in total. The third kappa shape index (κ3) is 16.8. The first-order chi connectivity index (χ1) is 17.5. The summed E-state index contributed by atoms with van der Waals surface area (Å²) >= 11 is 0. The number of halogens is 2. The van der Waals surface area contributed by atoms with Crippen LogP contribution in [0.15, 0.2) is 24.3 Å². The van der Waals surface area contributed by atoms with Crippen LogP contribution >= 0.6 is 0 Å². The molecule has 0 spiro atoms. The van der Waals surface area contributed by atoms with Gasteiger partial charge >= 0.3 is 0 Å². The Labute approximate surface area is 274 Å². The van der Waals surface area contributed by atoms with E-state index in [-0.39, 0.29) is 48.0 Å². The van der Waals surface area contributed by atoms with Gasteiger partial charge in [-0.25, -0.2) is 0 Å². The molecule has 226 valence electrons. The Bertz CT molecular complexity index is 552. The summed E-state index contributed by atoms with van der Waals surface area (Å²) in [5.41, 5.74) is 3.07. The molecular formula is C34H66I2N2. The van der Waals surface area contributed by atoms with Crippen LogP contribution in [-0.4, -0.2) is 61.3 Å². The summed E-state index contributed by atoms with van der Waals surface area (Å²) in [6, 6.07) is 9.58. The smallest absolute Gasteiger partial charge is 0.0786 e. The molecule has 0 bridgehead atoms. The van der Waals surface area contributed by atoms with Crippen LogP contribution in [-0.2, 0) is 12.8 Å². The molecule has 1 aromatic rings. The van der Waals surface area contributed by atoms with E-state index in [4.69, 9.17) is 0 Å². The monoisotopic (exact) mass is 756 g/mol. The second-order valence-electron chi connectivity index (χ2n) is 11.6. The summed E-state index contributed by atoms with van der Waals surface area (Å²) in [4.78, 5) is 0. The van der Waals surface area contributed by atoms with Gasteiger partial charge in [0.1, 0.15) is 0 Å². The third-order valence-electron chi connectivity index (χ3n) is 9.74. The average molecular weight is 757 g/mol. The topological polar surface area (TPSA) is 0 Å². The van der Waals surface area contributed by atoms with Gasteiger partial charge in [-0.2, -0.15) is 0 Å². The van der Waals surface area contributed by atoms with Gasteiger partial charge in [0, 0.05) is 0 Å². The summed E-state index contributed by atoms with van der Waals surface area (Å²) < 4.78 is 2.63. The first-order valence-corrected chi connectivity index (χ1v) is 16.3. The van der Waals surface area contributed by atoms with Gasteiger partial charge in [0.25, 0.3) is 0 Å². The lowest BCUT2D eigenvalue weighted by Crippen LogP contribution is -3.00. The van der Waals surface area contributed by atoms with Gasteiger partial charge in [-0.1, -0.05) is 62.8 Å². The molecule has 0 saturated heterocycles. The zero-order valence-corrected chi connectivity index (χ0v) is 30.8. The van der Waals surface area contributed by atoms with E-state index < -0.39 is 0 Å². The number of nitrogens with zero attached hydrogens (tertiary/aromatic N) is 2. The predicted octanol–water partition coefficient (Wildman–Crippen LogP) is 3.21. The van der Waals surface area contributed by atoms with Gasteiger partial charge in [-0.05, 0) is 104 Å². The van der Waals surface area contributed by atoms with E-state index in [1.54, 1.807) is 0 Å². The molecule has 0 atom stereocenters. The van der Waals surface area contributed by atoms with Crippen LogP contribution in [0, 0.1) is 0 Å². The predicted molar refractivity (Wildman–Crippen MR) is 163 cm³/mol. The lowest BCUT2D eigenvalue weighted by molar-refractivity contribution is -0.923. The molecule has 0 amide bonds. The van der Waals surface area contributed by atoms with Gasteiger partial charge in [0.05, 0.1) is 52.4 Å². The Kier molecular flexibility index (Phi) is 27.1. The minimum Gasteiger partial charge on any atom is -1.00 e. The van der Waals surface area contributed by atoms with Crippen molar-refractivity contribution in [2.24, 2.45) is 0 Å². The summed E-state index contributed by atoms with van der Waals surface area (Å²) in [6.07, 6.45) is 19.4. The first-order valence-electron chi connectivity index (χ1n) is 16.3. The highest BCUT2D eigenvalue weighted by Gasteiger charge is 2.20. The maximum absolute atomic E-state index is 2.40. The van der Waals surface area contributed by atoms with E-state index in [0.29, 0.717) is 0 Å². The highest BCUT2D eigenvalue weighted by Crippen LogP contribution is 2.16. The lowest BCUT2D eigenvalue weighted by Gasteiger charge is -2.35. The molecule has 38 heavy (non-hydrogen) atoms. The van der Waals surface area contributed by atoms with Crippen molar-refractivity contribution in [1.29, 1.82) is 0 Å². The number of hydrogen-bond donors (Lipinski definition) is 0. The molecule has 0 radical (unpaired) electrons. The zero-order chi connectivity index (χ0) is 26.5. The van der Waals surface area contributed by atoms with Crippen LogP contribution in [0.3, 0.4) is 0 Å². The number of unbranched alkanes of at least 4 members (excludes halogenated alkanes) is 10. The van der Waals surface area contributed by atoms with Crippen molar-refractivity contribution in [3.63, 3.8) is 0 Å². The summed E-state index contributed by atoms with van der Waals surface area (Å²) in [7, 11) is 0. The summed E-state index contributed by atoms with van der Waals surface area (Å²) in [5.74, 6) is 0. The quantitative estimate of drug-likeness (QED) is 0.0865. The van der Waals surface area contributed by atoms with E-state index in [0.717, 1.165) is 0 Å². The SMILES string of the molecule is CC[N+](CC)(CC)CCCCCCCCc1ccc(CCCCCCCC[N+](CC)(CC)CC)cc1.[I-].[I-]. The van der Waals surface area contributed by atoms with Crippen molar-refractivity contribution in [1.82, 2.24) is 0 Å². The summed E-state index contributed by atoms with van der Waals surface area (Å²) in [6.45, 7) is 24.7. The van der Waals surface area contributed by atoms with E-state index in [2.05, 4.69) is 65.8 Å². The number of quaternary nitrogens is 2. The minimum absolute atomic E-state index is 0. The average Bonchev–Trinajstić information content (AvgIpc) is 2.93. The number of hydrogen-bond acceptors (Lipinski definition) is 0. The molecular weight excluding hydrogens is 690 g/mol. The van der Waals surface area contributed by atoms with Crippen LogP contribution in [0.1, 0.15) is 130 Å². The van der Waals surface area contributed by atoms with Crippen molar-refractivity contribution in [3.05, 3.63) is 35.4 Å². The fraction of sp³-hybridized carbons (Fsp3) is 0.824. The Morgan fingerprint density at radius 2 is 0.605 bits per heavy atom. The second kappa shape index (κ2) is 25.3. The van der Waals surface area contributed by atoms with Crippen molar-refractivity contribution < 1.29 is 56.9 Å². The van der Waals surface area contributed by atoms with Gasteiger partial charge < -0.3 is 56.9 Å². The molecule has 0 aliphatic heterocycles. The maximum atomic E-state index is 2.40. The Hall–Kier alpha value is 0.600. The lowest BCUT2D eigenvalue weighted by atomic mass is 10.0. The zero-order valence-electron chi connectivity index (χ0n) is 26.5. The van der Waals surface area contributed by atoms with Gasteiger partial charge in [-0.3, -0.25) is 0 Å². The van der Waals surface area contributed by atoms with Crippen molar-refractivity contribution in [3.8, 4) is 0 Å². The highest BCUT2D eigenvalue weighted by molar-refractivity contribution is 5.22. The number of aryl methyl sites for hydroxylation is 2. The Balaban J connectivity index is 0. The van der Waals surface area contributed by atoms with Crippen molar-refractivity contribution >= 4 is 0 Å². The largest absolute Gasteiger partial charge is 1.00 e. The number of rotatable bonds is 24. The molecule has 0 aliphatic rings. The minimum atomic E-state index is 0. The molecule has 4 heteroatoms. The molecule has 1 aromatic carbocycles. The van der Waals surface area contributed by atoms with Crippen molar-refractivity contribution in [2.45, 2.75) is 131 Å². The molecule has 0 heterocycles. The second-order valence-corrected chi connectivity index (χ2v) is 11.6. The molecule has 0 saturated carbocycles. The normalized spacial score (nSPS) is 11.7. The van der Waals surface area contributed by atoms with E-state index in [1.165, 1.54) is 162 Å². The van der Waals surface area contributed by atoms with E-state index >= 15 is 0 Å². The third-order valence-corrected chi connectivity index (χ3v) is 9.74. The van der Waals surface area contributed by atoms with E-state index in [9.17, 15) is 0 Å². The van der Waals surface area contributed by atoms with Gasteiger partial charge in [0.15, 0.2) is 0 Å². The fourth-order valence-electron chi connectivity index (χ4n) is 6.13. The standard InChI is InChI=1S/C34H66N2.2HI/c1-7-35(8-2,9-3)31-23-19-15-13-17-21-25-33-27-29-34(30-28-33)26-22-18-14-16-20-24-32-36(10-4,11-5)12-6;;/h27-30H,7-26,31-32H2,1-6H3;2*1H/q+2;;/p-2.